The number of hydrogen-bond acceptors (Lipinski definition) is 1. The number of rotatable bonds is 3. The molecule has 4 nitrogen and oxygen atoms in total. The van der Waals surface area contributed by atoms with E-state index >= 15 is 0 Å². The van der Waals surface area contributed by atoms with E-state index in [1.165, 1.54) is 0 Å². The van der Waals surface area contributed by atoms with E-state index in [0.29, 0.717) is 5.02 Å². The first-order chi connectivity index (χ1) is 9.97. The van der Waals surface area contributed by atoms with Crippen LogP contribution in [-0.4, -0.2) is 11.9 Å². The standard InChI is InChI=1S/C16H16ClN3O/c1-10-8-12(17)6-7-13(10)14-5-3-2-4-11(14)9-15(21)20-16(18)19/h2-8H,9H2,1H3,(H4,18,19,20,21). The molecule has 0 spiro atoms. The number of aryl methyl sites for hydroxylation is 1. The van der Waals surface area contributed by atoms with E-state index in [9.17, 15) is 4.79 Å². The van der Waals surface area contributed by atoms with Crippen molar-refractivity contribution in [1.82, 2.24) is 0 Å². The zero-order chi connectivity index (χ0) is 15.4. The fraction of sp³-hybridized carbons (Fsp3) is 0.125. The average Bonchev–Trinajstić information content (AvgIpc) is 2.39. The summed E-state index contributed by atoms with van der Waals surface area (Å²) in [5.74, 6) is -0.589. The molecular formula is C16H16ClN3O. The summed E-state index contributed by atoms with van der Waals surface area (Å²) in [6.07, 6.45) is 0.149. The molecule has 2 aromatic carbocycles. The second kappa shape index (κ2) is 6.41. The van der Waals surface area contributed by atoms with Gasteiger partial charge in [-0.25, -0.2) is 0 Å². The molecule has 0 saturated carbocycles. The average molecular weight is 302 g/mol. The third kappa shape index (κ3) is 3.83. The number of aliphatic imine (C=N–C) groups is 1. The van der Waals surface area contributed by atoms with Gasteiger partial charge in [0.05, 0.1) is 6.42 Å². The summed E-state index contributed by atoms with van der Waals surface area (Å²) in [6.45, 7) is 1.98. The predicted octanol–water partition coefficient (Wildman–Crippen LogP) is 2.66. The monoisotopic (exact) mass is 301 g/mol. The second-order valence-corrected chi connectivity index (χ2v) is 5.16. The number of halogens is 1. The predicted molar refractivity (Wildman–Crippen MR) is 86.1 cm³/mol. The molecule has 0 radical (unpaired) electrons. The van der Waals surface area contributed by atoms with Crippen molar-refractivity contribution >= 4 is 23.5 Å². The summed E-state index contributed by atoms with van der Waals surface area (Å²) in [7, 11) is 0. The SMILES string of the molecule is Cc1cc(Cl)ccc1-c1ccccc1CC(=O)N=C(N)N. The summed E-state index contributed by atoms with van der Waals surface area (Å²) >= 11 is 5.99. The molecule has 4 N–H and O–H groups in total. The lowest BCUT2D eigenvalue weighted by atomic mass is 9.94. The minimum Gasteiger partial charge on any atom is -0.370 e. The third-order valence-electron chi connectivity index (χ3n) is 3.09. The Morgan fingerprint density at radius 1 is 1.14 bits per heavy atom. The highest BCUT2D eigenvalue weighted by Gasteiger charge is 2.11. The Balaban J connectivity index is 2.41. The maximum atomic E-state index is 11.8. The van der Waals surface area contributed by atoms with E-state index in [0.717, 1.165) is 22.3 Å². The number of nitrogens with zero attached hydrogens (tertiary/aromatic N) is 1. The lowest BCUT2D eigenvalue weighted by molar-refractivity contribution is -0.117. The molecule has 0 atom stereocenters. The highest BCUT2D eigenvalue weighted by atomic mass is 35.5. The molecule has 108 valence electrons. The Morgan fingerprint density at radius 3 is 2.52 bits per heavy atom. The highest BCUT2D eigenvalue weighted by Crippen LogP contribution is 2.29. The lowest BCUT2D eigenvalue weighted by Crippen LogP contribution is -2.24. The van der Waals surface area contributed by atoms with Crippen molar-refractivity contribution in [3.63, 3.8) is 0 Å². The number of nitrogens with two attached hydrogens (primary N) is 2. The van der Waals surface area contributed by atoms with Crippen LogP contribution in [0.2, 0.25) is 5.02 Å². The molecule has 2 aromatic rings. The van der Waals surface area contributed by atoms with Crippen LogP contribution in [0.1, 0.15) is 11.1 Å². The van der Waals surface area contributed by atoms with Crippen LogP contribution >= 0.6 is 11.6 Å². The zero-order valence-corrected chi connectivity index (χ0v) is 12.4. The van der Waals surface area contributed by atoms with E-state index in [-0.39, 0.29) is 18.3 Å². The lowest BCUT2D eigenvalue weighted by Gasteiger charge is -2.11. The van der Waals surface area contributed by atoms with Crippen molar-refractivity contribution in [2.24, 2.45) is 16.5 Å². The van der Waals surface area contributed by atoms with Gasteiger partial charge in [0, 0.05) is 5.02 Å². The fourth-order valence-electron chi connectivity index (χ4n) is 2.21. The summed E-state index contributed by atoms with van der Waals surface area (Å²) < 4.78 is 0. The van der Waals surface area contributed by atoms with Gasteiger partial charge in [-0.05, 0) is 41.3 Å². The van der Waals surface area contributed by atoms with E-state index in [4.69, 9.17) is 23.1 Å². The van der Waals surface area contributed by atoms with Crippen molar-refractivity contribution in [2.45, 2.75) is 13.3 Å². The van der Waals surface area contributed by atoms with Gasteiger partial charge in [0.25, 0.3) is 5.91 Å². The highest BCUT2D eigenvalue weighted by molar-refractivity contribution is 6.30. The summed E-state index contributed by atoms with van der Waals surface area (Å²) in [5, 5.41) is 0.685. The van der Waals surface area contributed by atoms with Gasteiger partial charge >= 0.3 is 0 Å². The fourth-order valence-corrected chi connectivity index (χ4v) is 2.44. The van der Waals surface area contributed by atoms with Crippen LogP contribution in [0.4, 0.5) is 0 Å². The van der Waals surface area contributed by atoms with Crippen LogP contribution in [0.15, 0.2) is 47.5 Å². The second-order valence-electron chi connectivity index (χ2n) is 4.72. The van der Waals surface area contributed by atoms with Crippen LogP contribution < -0.4 is 11.5 Å². The molecule has 0 aliphatic carbocycles. The quantitative estimate of drug-likeness (QED) is 0.675. The molecule has 0 unspecified atom stereocenters. The summed E-state index contributed by atoms with van der Waals surface area (Å²) in [5.41, 5.74) is 14.4. The van der Waals surface area contributed by atoms with Gasteiger partial charge in [-0.1, -0.05) is 41.9 Å². The van der Waals surface area contributed by atoms with Gasteiger partial charge in [-0.3, -0.25) is 4.79 Å². The van der Waals surface area contributed by atoms with Crippen LogP contribution in [0.3, 0.4) is 0 Å². The Bertz CT molecular complexity index is 706. The topological polar surface area (TPSA) is 81.5 Å². The molecule has 0 saturated heterocycles. The van der Waals surface area contributed by atoms with Crippen LogP contribution in [0.25, 0.3) is 11.1 Å². The van der Waals surface area contributed by atoms with Crippen LogP contribution in [0.5, 0.6) is 0 Å². The smallest absolute Gasteiger partial charge is 0.253 e. The summed E-state index contributed by atoms with van der Waals surface area (Å²) in [4.78, 5) is 15.3. The zero-order valence-electron chi connectivity index (χ0n) is 11.6. The molecule has 0 bridgehead atoms. The minimum atomic E-state index is -0.367. The van der Waals surface area contributed by atoms with E-state index < -0.39 is 0 Å². The van der Waals surface area contributed by atoms with Gasteiger partial charge in [-0.15, -0.1) is 0 Å². The maximum Gasteiger partial charge on any atom is 0.253 e. The normalized spacial score (nSPS) is 10.2. The van der Waals surface area contributed by atoms with Crippen molar-refractivity contribution in [1.29, 1.82) is 0 Å². The van der Waals surface area contributed by atoms with Gasteiger partial charge in [0.2, 0.25) is 0 Å². The van der Waals surface area contributed by atoms with Gasteiger partial charge in [-0.2, -0.15) is 4.99 Å². The number of hydrogen-bond donors (Lipinski definition) is 2. The van der Waals surface area contributed by atoms with E-state index in [2.05, 4.69) is 4.99 Å². The molecule has 2 rings (SSSR count). The van der Waals surface area contributed by atoms with Crippen LogP contribution in [-0.2, 0) is 11.2 Å². The van der Waals surface area contributed by atoms with Crippen molar-refractivity contribution in [2.75, 3.05) is 0 Å². The number of carbonyl (C=O) groups is 1. The van der Waals surface area contributed by atoms with Gasteiger partial charge in [0.15, 0.2) is 5.96 Å². The third-order valence-corrected chi connectivity index (χ3v) is 3.33. The molecule has 0 aliphatic heterocycles. The molecule has 0 aliphatic rings. The van der Waals surface area contributed by atoms with E-state index in [1.807, 2.05) is 49.4 Å². The number of carbonyl (C=O) groups excluding carboxylic acids is 1. The molecule has 0 heterocycles. The first kappa shape index (κ1) is 15.1. The van der Waals surface area contributed by atoms with E-state index in [1.54, 1.807) is 0 Å². The Hall–Kier alpha value is -2.33. The largest absolute Gasteiger partial charge is 0.370 e. The molecule has 0 fully saturated rings. The Labute approximate surface area is 128 Å². The molecule has 0 aromatic heterocycles. The maximum absolute atomic E-state index is 11.8. The van der Waals surface area contributed by atoms with Gasteiger partial charge in [0.1, 0.15) is 0 Å². The van der Waals surface area contributed by atoms with Crippen molar-refractivity contribution in [3.05, 3.63) is 58.6 Å². The minimum absolute atomic E-state index is 0.149. The van der Waals surface area contributed by atoms with Gasteiger partial charge < -0.3 is 11.5 Å². The van der Waals surface area contributed by atoms with Crippen molar-refractivity contribution in [3.8, 4) is 11.1 Å². The molecular weight excluding hydrogens is 286 g/mol. The number of guanidine groups is 1. The first-order valence-electron chi connectivity index (χ1n) is 6.44. The molecule has 1 amide bonds. The number of benzene rings is 2. The van der Waals surface area contributed by atoms with Crippen LogP contribution in [0, 0.1) is 6.92 Å². The molecule has 5 heteroatoms. The van der Waals surface area contributed by atoms with Crippen molar-refractivity contribution < 1.29 is 4.79 Å². The Morgan fingerprint density at radius 2 is 1.86 bits per heavy atom. The Kier molecular flexibility index (Phi) is 4.60. The number of amides is 1. The molecule has 21 heavy (non-hydrogen) atoms. The summed E-state index contributed by atoms with van der Waals surface area (Å²) in [6, 6.07) is 13.3. The first-order valence-corrected chi connectivity index (χ1v) is 6.82.